The summed E-state index contributed by atoms with van der Waals surface area (Å²) in [5.74, 6) is 0.522. The topological polar surface area (TPSA) is 101 Å². The molecule has 27 heavy (non-hydrogen) atoms. The van der Waals surface area contributed by atoms with E-state index in [4.69, 9.17) is 13.9 Å². The molecule has 8 heteroatoms. The lowest BCUT2D eigenvalue weighted by Crippen LogP contribution is -2.38. The zero-order valence-electron chi connectivity index (χ0n) is 14.9. The highest BCUT2D eigenvalue weighted by Gasteiger charge is 2.43. The maximum Gasteiger partial charge on any atom is 0.275 e. The second-order valence-electron chi connectivity index (χ2n) is 6.19. The summed E-state index contributed by atoms with van der Waals surface area (Å²) < 4.78 is 16.1. The summed E-state index contributed by atoms with van der Waals surface area (Å²) >= 11 is 0. The molecule has 140 valence electrons. The predicted octanol–water partition coefficient (Wildman–Crippen LogP) is 2.54. The van der Waals surface area contributed by atoms with Crippen molar-refractivity contribution in [2.75, 3.05) is 20.8 Å². The Morgan fingerprint density at radius 1 is 1.26 bits per heavy atom. The molecule has 8 nitrogen and oxygen atoms in total. The number of fused-ring (bicyclic) bond motifs is 1. The fourth-order valence-corrected chi connectivity index (χ4v) is 3.40. The second-order valence-corrected chi connectivity index (χ2v) is 6.19. The average molecular weight is 369 g/mol. The first-order valence-corrected chi connectivity index (χ1v) is 8.41. The van der Waals surface area contributed by atoms with Crippen LogP contribution in [0.2, 0.25) is 0 Å². The van der Waals surface area contributed by atoms with Crippen molar-refractivity contribution in [3.8, 4) is 17.2 Å². The number of benzene rings is 1. The maximum absolute atomic E-state index is 13.0. The van der Waals surface area contributed by atoms with Gasteiger partial charge in [-0.25, -0.2) is 0 Å². The quantitative estimate of drug-likeness (QED) is 0.648. The molecule has 0 bridgehead atoms. The third-order valence-electron chi connectivity index (χ3n) is 4.70. The van der Waals surface area contributed by atoms with E-state index in [1.807, 2.05) is 6.07 Å². The molecular formula is C19H19N3O5. The summed E-state index contributed by atoms with van der Waals surface area (Å²) in [6, 6.07) is 9.91. The molecule has 0 spiro atoms. The zero-order chi connectivity index (χ0) is 19.0. The van der Waals surface area contributed by atoms with Crippen LogP contribution in [0.4, 0.5) is 0 Å². The number of phenolic OH excluding ortho intramolecular Hbond substituents is 1. The van der Waals surface area contributed by atoms with E-state index in [0.29, 0.717) is 17.1 Å². The Labute approximate surface area is 155 Å². The van der Waals surface area contributed by atoms with Crippen LogP contribution < -0.4 is 0 Å². The Morgan fingerprint density at radius 3 is 2.63 bits per heavy atom. The lowest BCUT2D eigenvalue weighted by atomic mass is 9.98. The van der Waals surface area contributed by atoms with Gasteiger partial charge in [-0.1, -0.05) is 12.1 Å². The number of aromatic amines is 1. The fourth-order valence-electron chi connectivity index (χ4n) is 3.40. The minimum atomic E-state index is -0.575. The third-order valence-corrected chi connectivity index (χ3v) is 4.70. The Morgan fingerprint density at radius 2 is 2.00 bits per heavy atom. The van der Waals surface area contributed by atoms with E-state index in [1.165, 1.54) is 14.2 Å². The van der Waals surface area contributed by atoms with Gasteiger partial charge in [-0.2, -0.15) is 5.10 Å². The van der Waals surface area contributed by atoms with Gasteiger partial charge in [0.1, 0.15) is 11.4 Å². The third kappa shape index (κ3) is 2.88. The Kier molecular flexibility index (Phi) is 4.43. The highest BCUT2D eigenvalue weighted by molar-refractivity contribution is 6.00. The minimum absolute atomic E-state index is 0.153. The van der Waals surface area contributed by atoms with E-state index in [-0.39, 0.29) is 18.2 Å². The molecule has 3 heterocycles. The number of furan rings is 1. The standard InChI is InChI=1S/C19H19N3O5/c1-25-14(26-2)10-22-18(11-5-7-12(23)8-6-11)15-16(13-4-3-9-27-13)20-21-17(15)19(22)24/h3-9,14,18,23H,10H2,1-2H3,(H,20,21). The van der Waals surface area contributed by atoms with Gasteiger partial charge in [0.05, 0.1) is 18.8 Å². The lowest BCUT2D eigenvalue weighted by molar-refractivity contribution is -0.113. The van der Waals surface area contributed by atoms with E-state index >= 15 is 0 Å². The molecule has 1 unspecified atom stereocenters. The highest BCUT2D eigenvalue weighted by Crippen LogP contribution is 2.43. The number of carbonyl (C=O) groups excluding carboxylic acids is 1. The molecule has 1 amide bonds. The molecule has 1 aromatic carbocycles. The van der Waals surface area contributed by atoms with E-state index in [2.05, 4.69) is 10.2 Å². The number of carbonyl (C=O) groups is 1. The Hall–Kier alpha value is -3.10. The number of rotatable bonds is 6. The van der Waals surface area contributed by atoms with Crippen LogP contribution in [0.25, 0.3) is 11.5 Å². The molecular weight excluding hydrogens is 350 g/mol. The summed E-state index contributed by atoms with van der Waals surface area (Å²) in [6.45, 7) is 0.228. The monoisotopic (exact) mass is 369 g/mol. The van der Waals surface area contributed by atoms with Crippen LogP contribution in [0, 0.1) is 0 Å². The number of nitrogens with zero attached hydrogens (tertiary/aromatic N) is 2. The van der Waals surface area contributed by atoms with Crippen molar-refractivity contribution in [2.24, 2.45) is 0 Å². The number of methoxy groups -OCH3 is 2. The average Bonchev–Trinajstić information content (AvgIpc) is 3.39. The predicted molar refractivity (Wildman–Crippen MR) is 95.1 cm³/mol. The highest BCUT2D eigenvalue weighted by atomic mass is 16.7. The number of nitrogens with one attached hydrogen (secondary N) is 1. The largest absolute Gasteiger partial charge is 0.508 e. The molecule has 2 N–H and O–H groups in total. The maximum atomic E-state index is 13.0. The summed E-state index contributed by atoms with van der Waals surface area (Å²) in [7, 11) is 3.05. The Bertz CT molecular complexity index is 929. The normalized spacial score (nSPS) is 16.3. The van der Waals surface area contributed by atoms with Gasteiger partial charge < -0.3 is 23.9 Å². The molecule has 0 fully saturated rings. The van der Waals surface area contributed by atoms with Crippen molar-refractivity contribution in [3.63, 3.8) is 0 Å². The number of phenols is 1. The summed E-state index contributed by atoms with van der Waals surface area (Å²) in [4.78, 5) is 14.7. The molecule has 0 saturated carbocycles. The van der Waals surface area contributed by atoms with Crippen LogP contribution in [0.5, 0.6) is 5.75 Å². The summed E-state index contributed by atoms with van der Waals surface area (Å²) in [5.41, 5.74) is 2.55. The molecule has 1 aliphatic rings. The molecule has 0 aliphatic carbocycles. The van der Waals surface area contributed by atoms with Crippen molar-refractivity contribution >= 4 is 5.91 Å². The summed E-state index contributed by atoms with van der Waals surface area (Å²) in [5, 5.41) is 16.8. The van der Waals surface area contributed by atoms with Crippen LogP contribution in [-0.4, -0.2) is 53.2 Å². The van der Waals surface area contributed by atoms with Gasteiger partial charge in [-0.05, 0) is 29.8 Å². The van der Waals surface area contributed by atoms with Gasteiger partial charge in [0.25, 0.3) is 5.91 Å². The van der Waals surface area contributed by atoms with Gasteiger partial charge in [0.2, 0.25) is 0 Å². The van der Waals surface area contributed by atoms with E-state index < -0.39 is 12.3 Å². The first-order chi connectivity index (χ1) is 13.1. The van der Waals surface area contributed by atoms with Crippen molar-refractivity contribution in [1.82, 2.24) is 15.1 Å². The van der Waals surface area contributed by atoms with Crippen LogP contribution in [0.1, 0.15) is 27.7 Å². The van der Waals surface area contributed by atoms with Crippen LogP contribution in [-0.2, 0) is 9.47 Å². The molecule has 0 saturated heterocycles. The summed E-state index contributed by atoms with van der Waals surface area (Å²) in [6.07, 6.45) is 0.993. The second kappa shape index (κ2) is 6.90. The Balaban J connectivity index is 1.83. The zero-order valence-corrected chi connectivity index (χ0v) is 14.9. The molecule has 2 aromatic heterocycles. The van der Waals surface area contributed by atoms with Crippen molar-refractivity contribution < 1.29 is 23.8 Å². The SMILES string of the molecule is COC(CN1C(=O)c2n[nH]c(-c3ccco3)c2C1c1ccc(O)cc1)OC. The number of ether oxygens (including phenoxy) is 2. The van der Waals surface area contributed by atoms with Crippen LogP contribution in [0.3, 0.4) is 0 Å². The molecule has 3 aromatic rings. The van der Waals surface area contributed by atoms with Gasteiger partial charge in [0, 0.05) is 19.8 Å². The van der Waals surface area contributed by atoms with Gasteiger partial charge >= 0.3 is 0 Å². The minimum Gasteiger partial charge on any atom is -0.508 e. The van der Waals surface area contributed by atoms with E-state index in [9.17, 15) is 9.90 Å². The first kappa shape index (κ1) is 17.3. The molecule has 1 aliphatic heterocycles. The van der Waals surface area contributed by atoms with E-state index in [0.717, 1.165) is 11.1 Å². The first-order valence-electron chi connectivity index (χ1n) is 8.41. The smallest absolute Gasteiger partial charge is 0.275 e. The number of amides is 1. The van der Waals surface area contributed by atoms with Crippen molar-refractivity contribution in [1.29, 1.82) is 0 Å². The number of aromatic nitrogens is 2. The van der Waals surface area contributed by atoms with E-state index in [1.54, 1.807) is 41.5 Å². The molecule has 0 radical (unpaired) electrons. The van der Waals surface area contributed by atoms with Gasteiger partial charge in [-0.15, -0.1) is 0 Å². The van der Waals surface area contributed by atoms with Crippen LogP contribution in [0.15, 0.2) is 47.1 Å². The fraction of sp³-hybridized carbons (Fsp3) is 0.263. The van der Waals surface area contributed by atoms with Crippen molar-refractivity contribution in [3.05, 3.63) is 59.5 Å². The van der Waals surface area contributed by atoms with Gasteiger partial charge in [-0.3, -0.25) is 9.89 Å². The van der Waals surface area contributed by atoms with Crippen LogP contribution >= 0.6 is 0 Å². The van der Waals surface area contributed by atoms with Crippen molar-refractivity contribution in [2.45, 2.75) is 12.3 Å². The molecule has 4 rings (SSSR count). The lowest BCUT2D eigenvalue weighted by Gasteiger charge is -2.29. The molecule has 1 atom stereocenters. The number of hydrogen-bond donors (Lipinski definition) is 2. The van der Waals surface area contributed by atoms with Gasteiger partial charge in [0.15, 0.2) is 17.7 Å². The number of H-pyrrole nitrogens is 1. The number of hydrogen-bond acceptors (Lipinski definition) is 6. The number of aromatic hydroxyl groups is 1.